The molecule has 1 rings (SSSR count). The van der Waals surface area contributed by atoms with Gasteiger partial charge in [0, 0.05) is 6.54 Å². The summed E-state index contributed by atoms with van der Waals surface area (Å²) in [6.45, 7) is 5.42. The van der Waals surface area contributed by atoms with E-state index in [2.05, 4.69) is 25.2 Å². The van der Waals surface area contributed by atoms with Gasteiger partial charge < -0.3 is 5.32 Å². The number of rotatable bonds is 0. The molecule has 1 N–H and O–H groups in total. The summed E-state index contributed by atoms with van der Waals surface area (Å²) in [5.41, 5.74) is 0. The number of allylic oxidation sites excluding steroid dienone is 1. The van der Waals surface area contributed by atoms with E-state index in [-0.39, 0.29) is 0 Å². The van der Waals surface area contributed by atoms with Gasteiger partial charge in [-0.1, -0.05) is 25.4 Å². The van der Waals surface area contributed by atoms with Crippen molar-refractivity contribution in [2.75, 3.05) is 6.54 Å². The van der Waals surface area contributed by atoms with E-state index in [0.29, 0.717) is 11.8 Å². The third-order valence-electron chi connectivity index (χ3n) is 1.90. The molecule has 0 fully saturated rings. The summed E-state index contributed by atoms with van der Waals surface area (Å²) < 4.78 is 0. The van der Waals surface area contributed by atoms with Gasteiger partial charge in [-0.15, -0.1) is 0 Å². The monoisotopic (exact) mass is 145 g/mol. The number of halogens is 1. The van der Waals surface area contributed by atoms with Crippen LogP contribution in [0.5, 0.6) is 0 Å². The number of nitrogens with one attached hydrogen (secondary N) is 1. The minimum atomic E-state index is 0.624. The fourth-order valence-corrected chi connectivity index (χ4v) is 1.17. The molecule has 1 aliphatic rings. The average Bonchev–Trinajstić information content (AvgIpc) is 1.80. The van der Waals surface area contributed by atoms with Gasteiger partial charge in [-0.05, 0) is 17.9 Å². The van der Waals surface area contributed by atoms with E-state index in [1.165, 1.54) is 0 Å². The molecule has 9 heavy (non-hydrogen) atoms. The molecule has 0 saturated carbocycles. The molecule has 0 aromatic carbocycles. The SMILES string of the molecule is CC1C=C(Cl)NCC1C. The van der Waals surface area contributed by atoms with Crippen LogP contribution in [0.15, 0.2) is 11.2 Å². The van der Waals surface area contributed by atoms with Gasteiger partial charge in [0.2, 0.25) is 0 Å². The fraction of sp³-hybridized carbons (Fsp3) is 0.714. The fourth-order valence-electron chi connectivity index (χ4n) is 0.898. The van der Waals surface area contributed by atoms with E-state index in [1.807, 2.05) is 0 Å². The van der Waals surface area contributed by atoms with E-state index in [4.69, 9.17) is 11.6 Å². The Morgan fingerprint density at radius 2 is 2.33 bits per heavy atom. The van der Waals surface area contributed by atoms with Crippen molar-refractivity contribution in [3.63, 3.8) is 0 Å². The van der Waals surface area contributed by atoms with Crippen molar-refractivity contribution in [2.24, 2.45) is 11.8 Å². The van der Waals surface area contributed by atoms with Gasteiger partial charge in [-0.2, -0.15) is 0 Å². The first kappa shape index (κ1) is 6.94. The van der Waals surface area contributed by atoms with Crippen LogP contribution in [0.4, 0.5) is 0 Å². The Hall–Kier alpha value is -0.170. The molecular weight excluding hydrogens is 134 g/mol. The Balaban J connectivity index is 2.58. The van der Waals surface area contributed by atoms with E-state index in [1.54, 1.807) is 0 Å². The van der Waals surface area contributed by atoms with E-state index in [0.717, 1.165) is 11.7 Å². The molecule has 0 saturated heterocycles. The van der Waals surface area contributed by atoms with Crippen LogP contribution in [-0.2, 0) is 0 Å². The molecule has 2 heteroatoms. The molecule has 0 radical (unpaired) electrons. The lowest BCUT2D eigenvalue weighted by molar-refractivity contribution is 0.422. The predicted octanol–water partition coefficient (Wildman–Crippen LogP) is 1.94. The predicted molar refractivity (Wildman–Crippen MR) is 40.3 cm³/mol. The average molecular weight is 146 g/mol. The van der Waals surface area contributed by atoms with E-state index in [9.17, 15) is 0 Å². The molecule has 0 amide bonds. The first-order valence-electron chi connectivity index (χ1n) is 3.31. The van der Waals surface area contributed by atoms with Gasteiger partial charge >= 0.3 is 0 Å². The molecule has 2 atom stereocenters. The Kier molecular flexibility index (Phi) is 2.01. The van der Waals surface area contributed by atoms with Crippen LogP contribution in [0.2, 0.25) is 0 Å². The molecule has 0 bridgehead atoms. The molecule has 0 aromatic rings. The third kappa shape index (κ3) is 1.62. The zero-order chi connectivity index (χ0) is 6.85. The molecule has 52 valence electrons. The van der Waals surface area contributed by atoms with Gasteiger partial charge in [0.05, 0.1) is 5.16 Å². The zero-order valence-electron chi connectivity index (χ0n) is 5.82. The van der Waals surface area contributed by atoms with Crippen molar-refractivity contribution < 1.29 is 0 Å². The topological polar surface area (TPSA) is 12.0 Å². The maximum atomic E-state index is 5.73. The number of hydrogen-bond acceptors (Lipinski definition) is 1. The quantitative estimate of drug-likeness (QED) is 0.514. The highest BCUT2D eigenvalue weighted by Gasteiger charge is 2.14. The van der Waals surface area contributed by atoms with Crippen LogP contribution in [0, 0.1) is 11.8 Å². The molecule has 1 aliphatic heterocycles. The summed E-state index contributed by atoms with van der Waals surface area (Å²) in [6, 6.07) is 0. The van der Waals surface area contributed by atoms with Crippen LogP contribution in [0.3, 0.4) is 0 Å². The molecular formula is C7H12ClN. The molecule has 0 aliphatic carbocycles. The van der Waals surface area contributed by atoms with Crippen molar-refractivity contribution in [3.8, 4) is 0 Å². The smallest absolute Gasteiger partial charge is 0.0980 e. The van der Waals surface area contributed by atoms with Crippen LogP contribution < -0.4 is 5.32 Å². The summed E-state index contributed by atoms with van der Waals surface area (Å²) in [5.74, 6) is 1.34. The summed E-state index contributed by atoms with van der Waals surface area (Å²) in [7, 11) is 0. The lowest BCUT2D eigenvalue weighted by Gasteiger charge is -2.23. The Morgan fingerprint density at radius 1 is 1.67 bits per heavy atom. The van der Waals surface area contributed by atoms with Crippen molar-refractivity contribution in [2.45, 2.75) is 13.8 Å². The second-order valence-electron chi connectivity index (χ2n) is 2.73. The molecule has 1 heterocycles. The second kappa shape index (κ2) is 2.61. The molecule has 0 aromatic heterocycles. The minimum Gasteiger partial charge on any atom is -0.376 e. The maximum Gasteiger partial charge on any atom is 0.0980 e. The first-order valence-corrected chi connectivity index (χ1v) is 3.69. The van der Waals surface area contributed by atoms with Crippen molar-refractivity contribution >= 4 is 11.6 Å². The van der Waals surface area contributed by atoms with Gasteiger partial charge in [-0.3, -0.25) is 0 Å². The standard InChI is InChI=1S/C7H12ClN/c1-5-3-7(8)9-4-6(5)2/h3,5-6,9H,4H2,1-2H3. The van der Waals surface area contributed by atoms with Gasteiger partial charge in [0.1, 0.15) is 0 Å². The van der Waals surface area contributed by atoms with Crippen LogP contribution >= 0.6 is 11.6 Å². The zero-order valence-corrected chi connectivity index (χ0v) is 6.57. The van der Waals surface area contributed by atoms with Gasteiger partial charge in [0.15, 0.2) is 0 Å². The van der Waals surface area contributed by atoms with E-state index >= 15 is 0 Å². The number of hydrogen-bond donors (Lipinski definition) is 1. The van der Waals surface area contributed by atoms with Gasteiger partial charge in [-0.25, -0.2) is 0 Å². The highest BCUT2D eigenvalue weighted by molar-refractivity contribution is 6.29. The lowest BCUT2D eigenvalue weighted by Crippen LogP contribution is -2.27. The van der Waals surface area contributed by atoms with Crippen molar-refractivity contribution in [1.29, 1.82) is 0 Å². The Labute approximate surface area is 61.1 Å². The Morgan fingerprint density at radius 3 is 2.78 bits per heavy atom. The Bertz CT molecular complexity index is 131. The highest BCUT2D eigenvalue weighted by Crippen LogP contribution is 2.18. The van der Waals surface area contributed by atoms with E-state index < -0.39 is 0 Å². The first-order chi connectivity index (χ1) is 4.20. The second-order valence-corrected chi connectivity index (χ2v) is 3.14. The van der Waals surface area contributed by atoms with Gasteiger partial charge in [0.25, 0.3) is 0 Å². The summed E-state index contributed by atoms with van der Waals surface area (Å²) >= 11 is 5.73. The normalized spacial score (nSPS) is 35.2. The van der Waals surface area contributed by atoms with Crippen molar-refractivity contribution in [1.82, 2.24) is 5.32 Å². The van der Waals surface area contributed by atoms with Crippen molar-refractivity contribution in [3.05, 3.63) is 11.2 Å². The third-order valence-corrected chi connectivity index (χ3v) is 2.16. The maximum absolute atomic E-state index is 5.73. The summed E-state index contributed by atoms with van der Waals surface area (Å²) in [6.07, 6.45) is 2.07. The van der Waals surface area contributed by atoms with Crippen LogP contribution in [0.25, 0.3) is 0 Å². The molecule has 2 unspecified atom stereocenters. The summed E-state index contributed by atoms with van der Waals surface area (Å²) in [5, 5.41) is 3.89. The van der Waals surface area contributed by atoms with Crippen LogP contribution in [-0.4, -0.2) is 6.54 Å². The largest absolute Gasteiger partial charge is 0.376 e. The summed E-state index contributed by atoms with van der Waals surface area (Å²) in [4.78, 5) is 0. The highest BCUT2D eigenvalue weighted by atomic mass is 35.5. The lowest BCUT2D eigenvalue weighted by atomic mass is 9.94. The van der Waals surface area contributed by atoms with Crippen LogP contribution in [0.1, 0.15) is 13.8 Å². The minimum absolute atomic E-state index is 0.624. The molecule has 0 spiro atoms. The molecule has 1 nitrogen and oxygen atoms in total.